The first kappa shape index (κ1) is 20.2. The van der Waals surface area contributed by atoms with Gasteiger partial charge in [-0.2, -0.15) is 0 Å². The van der Waals surface area contributed by atoms with Crippen LogP contribution < -0.4 is 9.47 Å². The monoisotopic (exact) mass is 416 g/mol. The van der Waals surface area contributed by atoms with Crippen LogP contribution in [0.25, 0.3) is 10.6 Å². The molecule has 2 atom stereocenters. The molecule has 156 valence electrons. The summed E-state index contributed by atoms with van der Waals surface area (Å²) in [4.78, 5) is 19.4. The number of hydrogen-bond acceptors (Lipinski definition) is 6. The van der Waals surface area contributed by atoms with Crippen molar-refractivity contribution in [3.8, 4) is 22.1 Å². The Labute approximate surface area is 175 Å². The number of carbonyl (C=O) groups is 1. The number of carbonyl (C=O) groups excluding carboxylic acids is 1. The van der Waals surface area contributed by atoms with Gasteiger partial charge in [-0.15, -0.1) is 11.3 Å². The molecule has 1 N–H and O–H groups in total. The van der Waals surface area contributed by atoms with E-state index >= 15 is 0 Å². The summed E-state index contributed by atoms with van der Waals surface area (Å²) in [5.74, 6) is 1.65. The maximum Gasteiger partial charge on any atom is 0.228 e. The number of piperidine rings is 1. The van der Waals surface area contributed by atoms with Crippen molar-refractivity contribution in [3.63, 3.8) is 0 Å². The Morgan fingerprint density at radius 2 is 2.10 bits per heavy atom. The first-order valence-electron chi connectivity index (χ1n) is 10.2. The summed E-state index contributed by atoms with van der Waals surface area (Å²) >= 11 is 1.52. The van der Waals surface area contributed by atoms with Crippen LogP contribution >= 0.6 is 11.3 Å². The SMILES string of the molecule is COc1ccc(-c2nc(CC(=O)N3CC[C@]4(O)CCCC[C@H]4C3)cs2)cc1OC. The summed E-state index contributed by atoms with van der Waals surface area (Å²) in [6.07, 6.45) is 5.13. The third-order valence-electron chi connectivity index (χ3n) is 6.29. The highest BCUT2D eigenvalue weighted by Crippen LogP contribution is 2.40. The van der Waals surface area contributed by atoms with Gasteiger partial charge in [0, 0.05) is 30.0 Å². The average molecular weight is 417 g/mol. The van der Waals surface area contributed by atoms with Gasteiger partial charge in [0.1, 0.15) is 5.01 Å². The van der Waals surface area contributed by atoms with Crippen molar-refractivity contribution in [2.75, 3.05) is 27.3 Å². The number of amides is 1. The zero-order valence-electron chi connectivity index (χ0n) is 17.0. The lowest BCUT2D eigenvalue weighted by Gasteiger charge is -2.47. The van der Waals surface area contributed by atoms with Gasteiger partial charge in [-0.3, -0.25) is 4.79 Å². The Hall–Kier alpha value is -2.12. The molecule has 1 aliphatic heterocycles. The van der Waals surface area contributed by atoms with Gasteiger partial charge in [0.15, 0.2) is 11.5 Å². The van der Waals surface area contributed by atoms with Crippen LogP contribution in [0.1, 0.15) is 37.8 Å². The van der Waals surface area contributed by atoms with E-state index in [0.717, 1.165) is 41.9 Å². The molecule has 0 spiro atoms. The van der Waals surface area contributed by atoms with Crippen LogP contribution in [-0.2, 0) is 11.2 Å². The van der Waals surface area contributed by atoms with Crippen molar-refractivity contribution in [2.24, 2.45) is 5.92 Å². The Morgan fingerprint density at radius 1 is 1.28 bits per heavy atom. The Bertz CT molecular complexity index is 883. The van der Waals surface area contributed by atoms with E-state index in [9.17, 15) is 9.90 Å². The lowest BCUT2D eigenvalue weighted by Crippen LogP contribution is -2.54. The average Bonchev–Trinajstić information content (AvgIpc) is 3.20. The Balaban J connectivity index is 1.42. The summed E-state index contributed by atoms with van der Waals surface area (Å²) in [7, 11) is 3.22. The largest absolute Gasteiger partial charge is 0.493 e. The highest BCUT2D eigenvalue weighted by molar-refractivity contribution is 7.13. The van der Waals surface area contributed by atoms with Gasteiger partial charge in [0.25, 0.3) is 0 Å². The van der Waals surface area contributed by atoms with Crippen molar-refractivity contribution >= 4 is 17.2 Å². The number of methoxy groups -OCH3 is 2. The number of thiazole rings is 1. The molecule has 2 fully saturated rings. The second-order valence-electron chi connectivity index (χ2n) is 8.03. The maximum atomic E-state index is 12.8. The van der Waals surface area contributed by atoms with Crippen LogP contribution in [0.4, 0.5) is 0 Å². The van der Waals surface area contributed by atoms with Gasteiger partial charge in [0.2, 0.25) is 5.91 Å². The van der Waals surface area contributed by atoms with Gasteiger partial charge in [-0.25, -0.2) is 4.98 Å². The highest BCUT2D eigenvalue weighted by atomic mass is 32.1. The van der Waals surface area contributed by atoms with Crippen molar-refractivity contribution < 1.29 is 19.4 Å². The zero-order chi connectivity index (χ0) is 20.4. The van der Waals surface area contributed by atoms with E-state index in [0.29, 0.717) is 37.4 Å². The lowest BCUT2D eigenvalue weighted by atomic mass is 9.71. The minimum Gasteiger partial charge on any atom is -0.493 e. The van der Waals surface area contributed by atoms with Gasteiger partial charge in [-0.05, 0) is 37.5 Å². The number of rotatable bonds is 5. The summed E-state index contributed by atoms with van der Waals surface area (Å²) in [5.41, 5.74) is 1.17. The van der Waals surface area contributed by atoms with Gasteiger partial charge < -0.3 is 19.5 Å². The molecule has 2 aliphatic rings. The van der Waals surface area contributed by atoms with Crippen LogP contribution in [0.15, 0.2) is 23.6 Å². The molecule has 2 heterocycles. The number of hydrogen-bond donors (Lipinski definition) is 1. The van der Waals surface area contributed by atoms with Gasteiger partial charge in [0.05, 0.1) is 31.9 Å². The Kier molecular flexibility index (Phi) is 5.79. The third kappa shape index (κ3) is 4.12. The number of benzene rings is 1. The summed E-state index contributed by atoms with van der Waals surface area (Å²) in [6.45, 7) is 1.31. The molecule has 1 saturated carbocycles. The molecule has 7 heteroatoms. The fourth-order valence-corrected chi connectivity index (χ4v) is 5.37. The van der Waals surface area contributed by atoms with E-state index in [1.54, 1.807) is 14.2 Å². The standard InChI is InChI=1S/C22H28N2O4S/c1-27-18-7-6-15(11-19(18)28-2)21-23-17(14-29-21)12-20(25)24-10-9-22(26)8-4-3-5-16(22)13-24/h6-7,11,14,16,26H,3-5,8-10,12-13H2,1-2H3/t16-,22+/m0/s1. The van der Waals surface area contributed by atoms with Gasteiger partial charge in [-0.1, -0.05) is 12.8 Å². The number of aromatic nitrogens is 1. The van der Waals surface area contributed by atoms with Crippen molar-refractivity contribution in [3.05, 3.63) is 29.3 Å². The first-order chi connectivity index (χ1) is 14.0. The third-order valence-corrected chi connectivity index (χ3v) is 7.24. The number of aliphatic hydroxyl groups is 1. The van der Waals surface area contributed by atoms with Crippen molar-refractivity contribution in [1.82, 2.24) is 9.88 Å². The smallest absolute Gasteiger partial charge is 0.228 e. The molecule has 1 aromatic carbocycles. The van der Waals surface area contributed by atoms with Crippen LogP contribution in [0.5, 0.6) is 11.5 Å². The number of ether oxygens (including phenoxy) is 2. The van der Waals surface area contributed by atoms with Gasteiger partial charge >= 0.3 is 0 Å². The van der Waals surface area contributed by atoms with E-state index in [2.05, 4.69) is 4.98 Å². The number of nitrogens with zero attached hydrogens (tertiary/aromatic N) is 2. The number of likely N-dealkylation sites (tertiary alicyclic amines) is 1. The minimum absolute atomic E-state index is 0.0989. The van der Waals surface area contributed by atoms with E-state index in [1.165, 1.54) is 11.3 Å². The maximum absolute atomic E-state index is 12.8. The van der Waals surface area contributed by atoms with Crippen LogP contribution in [0.2, 0.25) is 0 Å². The molecule has 0 radical (unpaired) electrons. The Morgan fingerprint density at radius 3 is 2.90 bits per heavy atom. The van der Waals surface area contributed by atoms with Crippen LogP contribution in [0.3, 0.4) is 0 Å². The second-order valence-corrected chi connectivity index (χ2v) is 8.88. The first-order valence-corrected chi connectivity index (χ1v) is 11.1. The molecule has 29 heavy (non-hydrogen) atoms. The fourth-order valence-electron chi connectivity index (χ4n) is 4.55. The summed E-state index contributed by atoms with van der Waals surface area (Å²) < 4.78 is 10.7. The predicted octanol–water partition coefficient (Wildman–Crippen LogP) is 3.52. The van der Waals surface area contributed by atoms with E-state index in [-0.39, 0.29) is 11.8 Å². The van der Waals surface area contributed by atoms with Crippen molar-refractivity contribution in [1.29, 1.82) is 0 Å². The molecule has 1 amide bonds. The van der Waals surface area contributed by atoms with Crippen LogP contribution in [0, 0.1) is 5.92 Å². The summed E-state index contributed by atoms with van der Waals surface area (Å²) in [5, 5.41) is 13.6. The molecule has 0 bridgehead atoms. The zero-order valence-corrected chi connectivity index (χ0v) is 17.8. The highest BCUT2D eigenvalue weighted by Gasteiger charge is 2.43. The number of fused-ring (bicyclic) bond motifs is 1. The normalized spacial score (nSPS) is 24.1. The van der Waals surface area contributed by atoms with E-state index < -0.39 is 5.60 Å². The predicted molar refractivity (Wildman–Crippen MR) is 112 cm³/mol. The molecule has 0 unspecified atom stereocenters. The van der Waals surface area contributed by atoms with Crippen LogP contribution in [-0.4, -0.2) is 53.8 Å². The molecule has 1 aromatic heterocycles. The minimum atomic E-state index is -0.559. The van der Waals surface area contributed by atoms with E-state index in [4.69, 9.17) is 9.47 Å². The van der Waals surface area contributed by atoms with Crippen molar-refractivity contribution in [2.45, 2.75) is 44.1 Å². The lowest BCUT2D eigenvalue weighted by molar-refractivity contribution is -0.142. The summed E-state index contributed by atoms with van der Waals surface area (Å²) in [6, 6.07) is 5.71. The van der Waals surface area contributed by atoms with E-state index in [1.807, 2.05) is 28.5 Å². The molecule has 1 saturated heterocycles. The fraction of sp³-hybridized carbons (Fsp3) is 0.545. The second kappa shape index (κ2) is 8.32. The molecule has 1 aliphatic carbocycles. The molecular formula is C22H28N2O4S. The molecule has 2 aromatic rings. The molecule has 4 rings (SSSR count). The molecular weight excluding hydrogens is 388 g/mol. The topological polar surface area (TPSA) is 71.9 Å². The molecule has 6 nitrogen and oxygen atoms in total. The quantitative estimate of drug-likeness (QED) is 0.807.